The molecule has 1 N–H and O–H groups in total. The summed E-state index contributed by atoms with van der Waals surface area (Å²) in [7, 11) is 0. The van der Waals surface area contributed by atoms with Gasteiger partial charge in [0.15, 0.2) is 10.8 Å². The molecule has 3 heterocycles. The molecule has 2 aromatic rings. The Balaban J connectivity index is 1.68. The van der Waals surface area contributed by atoms with E-state index in [0.29, 0.717) is 15.8 Å². The fourth-order valence-corrected chi connectivity index (χ4v) is 3.73. The Morgan fingerprint density at radius 3 is 2.82 bits per heavy atom. The number of nitrogens with one attached hydrogen (secondary N) is 1. The van der Waals surface area contributed by atoms with Crippen molar-refractivity contribution in [2.24, 2.45) is 0 Å². The van der Waals surface area contributed by atoms with E-state index in [0.717, 1.165) is 31.4 Å². The Hall–Kier alpha value is -1.27. The van der Waals surface area contributed by atoms with E-state index >= 15 is 0 Å². The van der Waals surface area contributed by atoms with Crippen molar-refractivity contribution >= 4 is 40.4 Å². The number of fused-ring (bicyclic) bond motifs is 1. The molecule has 118 valence electrons. The molecule has 0 spiro atoms. The van der Waals surface area contributed by atoms with Gasteiger partial charge in [0, 0.05) is 19.3 Å². The molecular formula is C15H19ClN4OS. The number of carbonyl (C=O) groups excluding carboxylic acids is 1. The van der Waals surface area contributed by atoms with Gasteiger partial charge in [-0.3, -0.25) is 4.79 Å². The Morgan fingerprint density at radius 1 is 1.36 bits per heavy atom. The van der Waals surface area contributed by atoms with Crippen LogP contribution in [0.25, 0.3) is 11.2 Å². The highest BCUT2D eigenvalue weighted by atomic mass is 35.5. The quantitative estimate of drug-likeness (QED) is 0.870. The highest BCUT2D eigenvalue weighted by Crippen LogP contribution is 2.25. The molecule has 22 heavy (non-hydrogen) atoms. The smallest absolute Gasteiger partial charge is 0.235 e. The van der Waals surface area contributed by atoms with E-state index in [2.05, 4.69) is 15.0 Å². The van der Waals surface area contributed by atoms with Gasteiger partial charge in [0.25, 0.3) is 0 Å². The molecule has 1 amide bonds. The third-order valence-electron chi connectivity index (χ3n) is 3.84. The van der Waals surface area contributed by atoms with Crippen molar-refractivity contribution in [1.82, 2.24) is 19.9 Å². The molecule has 1 aliphatic heterocycles. The molecule has 0 saturated carbocycles. The summed E-state index contributed by atoms with van der Waals surface area (Å²) in [6.45, 7) is 3.69. The minimum atomic E-state index is -0.158. The Labute approximate surface area is 138 Å². The number of hydrogen-bond donors (Lipinski definition) is 1. The van der Waals surface area contributed by atoms with Gasteiger partial charge >= 0.3 is 0 Å². The number of imidazole rings is 1. The highest BCUT2D eigenvalue weighted by molar-refractivity contribution is 8.00. The minimum Gasteiger partial charge on any atom is -0.342 e. The van der Waals surface area contributed by atoms with E-state index in [1.54, 1.807) is 12.3 Å². The first kappa shape index (κ1) is 15.6. The van der Waals surface area contributed by atoms with Crippen LogP contribution < -0.4 is 0 Å². The predicted molar refractivity (Wildman–Crippen MR) is 89.3 cm³/mol. The Bertz CT molecular complexity index is 667. The van der Waals surface area contributed by atoms with E-state index in [1.807, 2.05) is 11.8 Å². The summed E-state index contributed by atoms with van der Waals surface area (Å²) in [5.74, 6) is 0.193. The summed E-state index contributed by atoms with van der Waals surface area (Å²) in [5.41, 5.74) is 1.42. The number of likely N-dealkylation sites (tertiary alicyclic amines) is 1. The summed E-state index contributed by atoms with van der Waals surface area (Å²) in [6.07, 6.45) is 6.24. The molecule has 1 saturated heterocycles. The number of amides is 1. The fraction of sp³-hybridized carbons (Fsp3) is 0.533. The second kappa shape index (κ2) is 6.87. The lowest BCUT2D eigenvalue weighted by atomic mass is 10.2. The average molecular weight is 339 g/mol. The van der Waals surface area contributed by atoms with Crippen LogP contribution >= 0.6 is 23.4 Å². The van der Waals surface area contributed by atoms with Gasteiger partial charge < -0.3 is 9.88 Å². The molecule has 0 radical (unpaired) electrons. The van der Waals surface area contributed by atoms with Crippen molar-refractivity contribution < 1.29 is 4.79 Å². The van der Waals surface area contributed by atoms with Crippen LogP contribution in [0.1, 0.15) is 32.6 Å². The van der Waals surface area contributed by atoms with Crippen molar-refractivity contribution in [1.29, 1.82) is 0 Å². The van der Waals surface area contributed by atoms with Crippen LogP contribution in [0.3, 0.4) is 0 Å². The number of aromatic nitrogens is 3. The van der Waals surface area contributed by atoms with Crippen molar-refractivity contribution in [2.45, 2.75) is 43.0 Å². The highest BCUT2D eigenvalue weighted by Gasteiger charge is 2.23. The van der Waals surface area contributed by atoms with Crippen LogP contribution in [0.5, 0.6) is 0 Å². The lowest BCUT2D eigenvalue weighted by Gasteiger charge is -2.23. The van der Waals surface area contributed by atoms with Crippen molar-refractivity contribution in [3.63, 3.8) is 0 Å². The zero-order chi connectivity index (χ0) is 15.5. The third kappa shape index (κ3) is 3.55. The number of hydrogen-bond acceptors (Lipinski definition) is 4. The van der Waals surface area contributed by atoms with E-state index in [9.17, 15) is 4.79 Å². The lowest BCUT2D eigenvalue weighted by molar-refractivity contribution is -0.130. The molecule has 1 atom stereocenters. The number of rotatable bonds is 3. The maximum Gasteiger partial charge on any atom is 0.235 e. The molecular weight excluding hydrogens is 320 g/mol. The second-order valence-electron chi connectivity index (χ2n) is 5.57. The SMILES string of the molecule is C[C@@H](Sc1nc2ncc(Cl)cc2[nH]1)C(=O)N1CCCCCC1. The molecule has 7 heteroatoms. The van der Waals surface area contributed by atoms with Gasteiger partial charge in [-0.2, -0.15) is 0 Å². The van der Waals surface area contributed by atoms with Crippen LogP contribution in [-0.4, -0.2) is 44.1 Å². The number of pyridine rings is 1. The number of thioether (sulfide) groups is 1. The maximum absolute atomic E-state index is 12.6. The van der Waals surface area contributed by atoms with Crippen LogP contribution in [0.2, 0.25) is 5.02 Å². The Morgan fingerprint density at radius 2 is 2.09 bits per heavy atom. The van der Waals surface area contributed by atoms with E-state index in [-0.39, 0.29) is 11.2 Å². The summed E-state index contributed by atoms with van der Waals surface area (Å²) >= 11 is 7.37. The first-order valence-electron chi connectivity index (χ1n) is 7.60. The summed E-state index contributed by atoms with van der Waals surface area (Å²) < 4.78 is 0. The first-order chi connectivity index (χ1) is 10.6. The molecule has 0 aliphatic carbocycles. The number of nitrogens with zero attached hydrogens (tertiary/aromatic N) is 3. The Kier molecular flexibility index (Phi) is 4.88. The van der Waals surface area contributed by atoms with Crippen molar-refractivity contribution in [3.05, 3.63) is 17.3 Å². The van der Waals surface area contributed by atoms with Crippen molar-refractivity contribution in [3.8, 4) is 0 Å². The summed E-state index contributed by atoms with van der Waals surface area (Å²) in [6, 6.07) is 1.79. The van der Waals surface area contributed by atoms with E-state index < -0.39 is 0 Å². The molecule has 1 aliphatic rings. The van der Waals surface area contributed by atoms with Crippen molar-refractivity contribution in [2.75, 3.05) is 13.1 Å². The topological polar surface area (TPSA) is 61.9 Å². The van der Waals surface area contributed by atoms with Gasteiger partial charge in [0.1, 0.15) is 0 Å². The van der Waals surface area contributed by atoms with Gasteiger partial charge in [-0.15, -0.1) is 0 Å². The van der Waals surface area contributed by atoms with E-state index in [4.69, 9.17) is 11.6 Å². The van der Waals surface area contributed by atoms with Gasteiger partial charge in [-0.05, 0) is 25.8 Å². The lowest BCUT2D eigenvalue weighted by Crippen LogP contribution is -2.37. The zero-order valence-corrected chi connectivity index (χ0v) is 14.1. The largest absolute Gasteiger partial charge is 0.342 e. The average Bonchev–Trinajstić information content (AvgIpc) is 2.72. The van der Waals surface area contributed by atoms with E-state index in [1.165, 1.54) is 24.6 Å². The van der Waals surface area contributed by atoms with Gasteiger partial charge in [0.05, 0.1) is 15.8 Å². The van der Waals surface area contributed by atoms with Crippen LogP contribution in [0.4, 0.5) is 0 Å². The number of halogens is 1. The molecule has 1 fully saturated rings. The molecule has 2 aromatic heterocycles. The zero-order valence-electron chi connectivity index (χ0n) is 12.5. The summed E-state index contributed by atoms with van der Waals surface area (Å²) in [5, 5.41) is 1.12. The fourth-order valence-electron chi connectivity index (χ4n) is 2.67. The monoisotopic (exact) mass is 338 g/mol. The first-order valence-corrected chi connectivity index (χ1v) is 8.86. The molecule has 5 nitrogen and oxygen atoms in total. The van der Waals surface area contributed by atoms with Crippen LogP contribution in [-0.2, 0) is 4.79 Å². The predicted octanol–water partition coefficient (Wildman–Crippen LogP) is 3.49. The summed E-state index contributed by atoms with van der Waals surface area (Å²) in [4.78, 5) is 26.3. The normalized spacial score (nSPS) is 17.5. The van der Waals surface area contributed by atoms with Gasteiger partial charge in [0.2, 0.25) is 5.91 Å². The molecule has 3 rings (SSSR count). The third-order valence-corrected chi connectivity index (χ3v) is 5.01. The number of aromatic amines is 1. The van der Waals surface area contributed by atoms with Crippen LogP contribution in [0.15, 0.2) is 17.4 Å². The van der Waals surface area contributed by atoms with Gasteiger partial charge in [-0.25, -0.2) is 9.97 Å². The van der Waals surface area contributed by atoms with Crippen LogP contribution in [0, 0.1) is 0 Å². The molecule has 0 unspecified atom stereocenters. The standard InChI is InChI=1S/C15H19ClN4OS/c1-10(14(21)20-6-4-2-3-5-7-20)22-15-18-12-8-11(16)9-17-13(12)19-15/h8-10H,2-7H2,1H3,(H,17,18,19)/t10-/m1/s1. The molecule has 0 bridgehead atoms. The minimum absolute atomic E-state index is 0.158. The maximum atomic E-state index is 12.6. The number of carbonyl (C=O) groups is 1. The number of H-pyrrole nitrogens is 1. The van der Waals surface area contributed by atoms with Gasteiger partial charge in [-0.1, -0.05) is 36.2 Å². The second-order valence-corrected chi connectivity index (χ2v) is 7.33. The molecule has 0 aromatic carbocycles.